The van der Waals surface area contributed by atoms with Crippen LogP contribution in [0, 0.1) is 5.92 Å². The van der Waals surface area contributed by atoms with Crippen LogP contribution < -0.4 is 10.6 Å². The number of aromatic nitrogens is 2. The first-order valence-electron chi connectivity index (χ1n) is 8.84. The largest absolute Gasteiger partial charge is 0.354 e. The number of hydrogen-bond donors (Lipinski definition) is 2. The second-order valence-electron chi connectivity index (χ2n) is 6.99. The number of carbonyl (C=O) groups excluding carboxylic acids is 1. The van der Waals surface area contributed by atoms with Crippen LogP contribution in [0.25, 0.3) is 0 Å². The summed E-state index contributed by atoms with van der Waals surface area (Å²) >= 11 is 0. The van der Waals surface area contributed by atoms with Gasteiger partial charge in [0, 0.05) is 18.9 Å². The Balaban J connectivity index is 1.43. The molecule has 126 valence electrons. The maximum atomic E-state index is 13.0. The summed E-state index contributed by atoms with van der Waals surface area (Å²) in [6.07, 6.45) is 7.36. The first kappa shape index (κ1) is 15.4. The van der Waals surface area contributed by atoms with Crippen LogP contribution in [-0.2, 0) is 23.2 Å². The van der Waals surface area contributed by atoms with Gasteiger partial charge in [0.05, 0.1) is 0 Å². The minimum absolute atomic E-state index is 0.114. The molecular weight excluding hydrogens is 300 g/mol. The number of nitrogens with zero attached hydrogens (tertiary/aromatic N) is 2. The maximum absolute atomic E-state index is 13.0. The molecule has 0 unspecified atom stereocenters. The Kier molecular flexibility index (Phi) is 4.10. The summed E-state index contributed by atoms with van der Waals surface area (Å²) in [7, 11) is 0. The predicted octanol–water partition coefficient (Wildman–Crippen LogP) is 1.49. The normalized spacial score (nSPS) is 19.8. The number of hydrogen-bond acceptors (Lipinski definition) is 3. The van der Waals surface area contributed by atoms with Crippen molar-refractivity contribution in [3.8, 4) is 0 Å². The summed E-state index contributed by atoms with van der Waals surface area (Å²) in [5, 5.41) is 10.9. The molecule has 1 aromatic carbocycles. The van der Waals surface area contributed by atoms with Gasteiger partial charge in [0.2, 0.25) is 5.91 Å². The fourth-order valence-corrected chi connectivity index (χ4v) is 4.12. The van der Waals surface area contributed by atoms with Crippen molar-refractivity contribution in [3.05, 3.63) is 53.9 Å². The van der Waals surface area contributed by atoms with Gasteiger partial charge in [-0.1, -0.05) is 24.3 Å². The van der Waals surface area contributed by atoms with E-state index in [1.165, 1.54) is 11.1 Å². The molecule has 0 radical (unpaired) electrons. The standard InChI is InChI=1S/C19H24N4O/c24-18(19(6-9-20-10-7-19)23-11-3-8-22-23)21-14-15-12-16-4-1-2-5-17(16)13-15/h1-5,8,11,15,20H,6-7,9-10,12-14H2,(H,21,24). The molecule has 1 aromatic heterocycles. The highest BCUT2D eigenvalue weighted by Gasteiger charge is 2.42. The molecule has 1 saturated heterocycles. The van der Waals surface area contributed by atoms with Gasteiger partial charge in [-0.3, -0.25) is 9.48 Å². The van der Waals surface area contributed by atoms with Gasteiger partial charge in [0.1, 0.15) is 5.54 Å². The van der Waals surface area contributed by atoms with E-state index in [-0.39, 0.29) is 5.91 Å². The average Bonchev–Trinajstić information content (AvgIpc) is 3.29. The van der Waals surface area contributed by atoms with Gasteiger partial charge >= 0.3 is 0 Å². The molecule has 1 fully saturated rings. The lowest BCUT2D eigenvalue weighted by Gasteiger charge is -2.36. The first-order valence-corrected chi connectivity index (χ1v) is 8.84. The van der Waals surface area contributed by atoms with E-state index >= 15 is 0 Å². The van der Waals surface area contributed by atoms with Crippen molar-refractivity contribution in [2.24, 2.45) is 5.92 Å². The topological polar surface area (TPSA) is 59.0 Å². The number of nitrogens with one attached hydrogen (secondary N) is 2. The number of piperidine rings is 1. The Morgan fingerprint density at radius 3 is 2.54 bits per heavy atom. The zero-order chi connectivity index (χ0) is 16.4. The summed E-state index contributed by atoms with van der Waals surface area (Å²) in [5.41, 5.74) is 2.32. The molecule has 0 spiro atoms. The van der Waals surface area contributed by atoms with Crippen LogP contribution >= 0.6 is 0 Å². The first-order chi connectivity index (χ1) is 11.8. The lowest BCUT2D eigenvalue weighted by molar-refractivity contribution is -0.132. The number of benzene rings is 1. The molecule has 2 N–H and O–H groups in total. The molecule has 2 aromatic rings. The van der Waals surface area contributed by atoms with E-state index in [2.05, 4.69) is 40.0 Å². The Morgan fingerprint density at radius 1 is 1.21 bits per heavy atom. The quantitative estimate of drug-likeness (QED) is 0.896. The van der Waals surface area contributed by atoms with Crippen LogP contribution in [0.2, 0.25) is 0 Å². The lowest BCUT2D eigenvalue weighted by atomic mass is 9.87. The van der Waals surface area contributed by atoms with E-state index in [0.717, 1.165) is 45.3 Å². The van der Waals surface area contributed by atoms with Crippen molar-refractivity contribution in [1.82, 2.24) is 20.4 Å². The molecule has 4 rings (SSSR count). The Bertz CT molecular complexity index is 679. The number of fused-ring (bicyclic) bond motifs is 1. The average molecular weight is 324 g/mol. The lowest BCUT2D eigenvalue weighted by Crippen LogP contribution is -2.55. The van der Waals surface area contributed by atoms with Crippen LogP contribution in [-0.4, -0.2) is 35.3 Å². The molecule has 2 heterocycles. The zero-order valence-electron chi connectivity index (χ0n) is 13.9. The fraction of sp³-hybridized carbons (Fsp3) is 0.474. The molecule has 0 saturated carbocycles. The van der Waals surface area contributed by atoms with Gasteiger partial charge in [-0.15, -0.1) is 0 Å². The summed E-state index contributed by atoms with van der Waals surface area (Å²) in [5.74, 6) is 0.617. The number of carbonyl (C=O) groups is 1. The third kappa shape index (κ3) is 2.73. The highest BCUT2D eigenvalue weighted by Crippen LogP contribution is 2.29. The van der Waals surface area contributed by atoms with Crippen molar-refractivity contribution in [1.29, 1.82) is 0 Å². The third-order valence-corrected chi connectivity index (χ3v) is 5.48. The summed E-state index contributed by atoms with van der Waals surface area (Å²) in [6.45, 7) is 2.44. The molecule has 0 bridgehead atoms. The SMILES string of the molecule is O=C(NCC1Cc2ccccc2C1)C1(n2cccn2)CCNCC1. The summed E-state index contributed by atoms with van der Waals surface area (Å²) in [4.78, 5) is 13.0. The summed E-state index contributed by atoms with van der Waals surface area (Å²) in [6, 6.07) is 10.5. The number of rotatable bonds is 4. The van der Waals surface area contributed by atoms with Gasteiger partial charge < -0.3 is 10.6 Å². The highest BCUT2D eigenvalue weighted by atomic mass is 16.2. The highest BCUT2D eigenvalue weighted by molar-refractivity contribution is 5.84. The van der Waals surface area contributed by atoms with Crippen molar-refractivity contribution in [2.45, 2.75) is 31.2 Å². The monoisotopic (exact) mass is 324 g/mol. The van der Waals surface area contributed by atoms with Gasteiger partial charge in [0.15, 0.2) is 0 Å². The van der Waals surface area contributed by atoms with Crippen molar-refractivity contribution >= 4 is 5.91 Å². The van der Waals surface area contributed by atoms with E-state index in [1.54, 1.807) is 6.20 Å². The smallest absolute Gasteiger partial charge is 0.248 e. The van der Waals surface area contributed by atoms with E-state index in [9.17, 15) is 4.79 Å². The third-order valence-electron chi connectivity index (χ3n) is 5.48. The maximum Gasteiger partial charge on any atom is 0.248 e. The van der Waals surface area contributed by atoms with Gasteiger partial charge in [0.25, 0.3) is 0 Å². The van der Waals surface area contributed by atoms with Gasteiger partial charge in [-0.25, -0.2) is 0 Å². The van der Waals surface area contributed by atoms with E-state index in [4.69, 9.17) is 0 Å². The van der Waals surface area contributed by atoms with Crippen molar-refractivity contribution in [2.75, 3.05) is 19.6 Å². The van der Waals surface area contributed by atoms with Crippen molar-refractivity contribution < 1.29 is 4.79 Å². The molecular formula is C19H24N4O. The molecule has 1 amide bonds. The Hall–Kier alpha value is -2.14. The predicted molar refractivity (Wildman–Crippen MR) is 92.7 cm³/mol. The molecule has 1 aliphatic carbocycles. The second-order valence-corrected chi connectivity index (χ2v) is 6.99. The summed E-state index contributed by atoms with van der Waals surface area (Å²) < 4.78 is 1.85. The molecule has 5 heteroatoms. The second kappa shape index (κ2) is 6.40. The van der Waals surface area contributed by atoms with Crippen LogP contribution in [0.3, 0.4) is 0 Å². The van der Waals surface area contributed by atoms with Crippen LogP contribution in [0.15, 0.2) is 42.7 Å². The van der Waals surface area contributed by atoms with E-state index < -0.39 is 5.54 Å². The van der Waals surface area contributed by atoms with E-state index in [0.29, 0.717) is 5.92 Å². The molecule has 0 atom stereocenters. The van der Waals surface area contributed by atoms with Crippen molar-refractivity contribution in [3.63, 3.8) is 0 Å². The molecule has 24 heavy (non-hydrogen) atoms. The molecule has 5 nitrogen and oxygen atoms in total. The van der Waals surface area contributed by atoms with Gasteiger partial charge in [-0.05, 0) is 61.9 Å². The molecule has 1 aliphatic heterocycles. The Morgan fingerprint density at radius 2 is 1.92 bits per heavy atom. The van der Waals surface area contributed by atoms with E-state index in [1.807, 2.05) is 16.9 Å². The molecule has 2 aliphatic rings. The minimum Gasteiger partial charge on any atom is -0.354 e. The fourth-order valence-electron chi connectivity index (χ4n) is 4.12. The Labute approximate surface area is 142 Å². The zero-order valence-corrected chi connectivity index (χ0v) is 13.9. The number of amides is 1. The van der Waals surface area contributed by atoms with Crippen LogP contribution in [0.5, 0.6) is 0 Å². The van der Waals surface area contributed by atoms with Crippen LogP contribution in [0.4, 0.5) is 0 Å². The minimum atomic E-state index is -0.541. The van der Waals surface area contributed by atoms with Crippen LogP contribution in [0.1, 0.15) is 24.0 Å². The van der Waals surface area contributed by atoms with Gasteiger partial charge in [-0.2, -0.15) is 5.10 Å².